The summed E-state index contributed by atoms with van der Waals surface area (Å²) in [5.41, 5.74) is 0.573. The maximum Gasteiger partial charge on any atom is 0.290 e. The van der Waals surface area contributed by atoms with Gasteiger partial charge in [0, 0.05) is 36.8 Å². The van der Waals surface area contributed by atoms with E-state index in [2.05, 4.69) is 25.3 Å². The maximum atomic E-state index is 12.0. The first-order valence-electron chi connectivity index (χ1n) is 8.33. The molecular formula is C16H19N5O4. The van der Waals surface area contributed by atoms with Crippen molar-refractivity contribution in [1.29, 1.82) is 0 Å². The van der Waals surface area contributed by atoms with Crippen molar-refractivity contribution in [1.82, 2.24) is 20.4 Å². The summed E-state index contributed by atoms with van der Waals surface area (Å²) in [5.74, 6) is 0.852. The third-order valence-electron chi connectivity index (χ3n) is 4.65. The highest BCUT2D eigenvalue weighted by molar-refractivity contribution is 5.91. The number of aromatic amines is 1. The fourth-order valence-electron chi connectivity index (χ4n) is 3.18. The van der Waals surface area contributed by atoms with Crippen molar-refractivity contribution in [2.45, 2.75) is 24.8 Å². The Bertz CT molecular complexity index is 805. The average molecular weight is 345 g/mol. The molecule has 2 aromatic heterocycles. The summed E-state index contributed by atoms with van der Waals surface area (Å²) in [6.45, 7) is 3.10. The van der Waals surface area contributed by atoms with Crippen LogP contribution < -0.4 is 15.8 Å². The summed E-state index contributed by atoms with van der Waals surface area (Å²) >= 11 is 0. The highest BCUT2D eigenvalue weighted by atomic mass is 16.5. The minimum absolute atomic E-state index is 0.00471. The molecule has 2 aliphatic rings. The van der Waals surface area contributed by atoms with Gasteiger partial charge in [-0.05, 0) is 12.8 Å². The fraction of sp³-hybridized carbons (Fsp3) is 0.500. The van der Waals surface area contributed by atoms with E-state index in [1.54, 1.807) is 6.33 Å². The van der Waals surface area contributed by atoms with Crippen LogP contribution in [0.25, 0.3) is 0 Å². The quantitative estimate of drug-likeness (QED) is 0.817. The van der Waals surface area contributed by atoms with Crippen LogP contribution >= 0.6 is 0 Å². The van der Waals surface area contributed by atoms with Crippen molar-refractivity contribution in [3.63, 3.8) is 0 Å². The second-order valence-corrected chi connectivity index (χ2v) is 6.32. The molecule has 0 aromatic carbocycles. The van der Waals surface area contributed by atoms with E-state index in [1.807, 2.05) is 6.07 Å². The molecule has 1 aliphatic heterocycles. The lowest BCUT2D eigenvalue weighted by Gasteiger charge is -2.35. The van der Waals surface area contributed by atoms with Crippen molar-refractivity contribution in [3.05, 3.63) is 40.3 Å². The summed E-state index contributed by atoms with van der Waals surface area (Å²) in [6, 6.07) is 3.23. The van der Waals surface area contributed by atoms with E-state index < -0.39 is 5.56 Å². The van der Waals surface area contributed by atoms with Gasteiger partial charge in [0.05, 0.1) is 19.3 Å². The summed E-state index contributed by atoms with van der Waals surface area (Å²) in [4.78, 5) is 33.9. The molecule has 4 rings (SSSR count). The average Bonchev–Trinajstić information content (AvgIpc) is 3.05. The molecule has 1 saturated heterocycles. The first-order valence-corrected chi connectivity index (χ1v) is 8.33. The Balaban J connectivity index is 1.34. The Morgan fingerprint density at radius 3 is 2.76 bits per heavy atom. The SMILES string of the molecule is O=C(NC1CC(c2cc(N3CCOCC3)ncn2)C1)c1cc(=O)[nH]o1. The van der Waals surface area contributed by atoms with Crippen LogP contribution in [-0.2, 0) is 4.74 Å². The zero-order valence-corrected chi connectivity index (χ0v) is 13.6. The van der Waals surface area contributed by atoms with E-state index in [9.17, 15) is 9.59 Å². The first-order chi connectivity index (χ1) is 12.2. The van der Waals surface area contributed by atoms with E-state index in [0.717, 1.165) is 43.5 Å². The second kappa shape index (κ2) is 6.67. The van der Waals surface area contributed by atoms with E-state index >= 15 is 0 Å². The summed E-state index contributed by atoms with van der Waals surface area (Å²) in [6.07, 6.45) is 3.21. The molecule has 25 heavy (non-hydrogen) atoms. The van der Waals surface area contributed by atoms with E-state index in [4.69, 9.17) is 9.26 Å². The number of ether oxygens (including phenoxy) is 1. The Morgan fingerprint density at radius 1 is 1.24 bits per heavy atom. The van der Waals surface area contributed by atoms with Crippen LogP contribution in [0.3, 0.4) is 0 Å². The van der Waals surface area contributed by atoms with Crippen molar-refractivity contribution in [2.24, 2.45) is 0 Å². The molecule has 2 fully saturated rings. The van der Waals surface area contributed by atoms with E-state index in [0.29, 0.717) is 19.1 Å². The van der Waals surface area contributed by atoms with Crippen LogP contribution in [0.5, 0.6) is 0 Å². The van der Waals surface area contributed by atoms with Crippen LogP contribution in [0.1, 0.15) is 35.0 Å². The number of hydrogen-bond donors (Lipinski definition) is 2. The number of anilines is 1. The predicted octanol–water partition coefficient (Wildman–Crippen LogP) is 0.270. The van der Waals surface area contributed by atoms with Crippen molar-refractivity contribution < 1.29 is 14.1 Å². The van der Waals surface area contributed by atoms with Gasteiger partial charge in [0.2, 0.25) is 5.76 Å². The molecule has 9 nitrogen and oxygen atoms in total. The monoisotopic (exact) mass is 345 g/mol. The number of hydrogen-bond acceptors (Lipinski definition) is 7. The number of carbonyl (C=O) groups excluding carboxylic acids is 1. The molecule has 1 amide bonds. The van der Waals surface area contributed by atoms with Crippen molar-refractivity contribution in [3.8, 4) is 0 Å². The Labute approximate surface area is 143 Å². The van der Waals surface area contributed by atoms with Crippen LogP contribution in [0, 0.1) is 0 Å². The number of aromatic nitrogens is 3. The second-order valence-electron chi connectivity index (χ2n) is 6.32. The smallest absolute Gasteiger partial charge is 0.290 e. The van der Waals surface area contributed by atoms with Gasteiger partial charge in [-0.3, -0.25) is 9.59 Å². The Hall–Kier alpha value is -2.68. The zero-order chi connectivity index (χ0) is 17.2. The Kier molecular flexibility index (Phi) is 4.22. The van der Waals surface area contributed by atoms with Gasteiger partial charge in [0.15, 0.2) is 0 Å². The minimum Gasteiger partial charge on any atom is -0.378 e. The van der Waals surface area contributed by atoms with Gasteiger partial charge in [-0.2, -0.15) is 5.16 Å². The van der Waals surface area contributed by atoms with Crippen LogP contribution in [0.2, 0.25) is 0 Å². The van der Waals surface area contributed by atoms with Gasteiger partial charge >= 0.3 is 0 Å². The minimum atomic E-state index is -0.423. The van der Waals surface area contributed by atoms with Crippen LogP contribution in [-0.4, -0.2) is 53.4 Å². The molecular weight excluding hydrogens is 326 g/mol. The van der Waals surface area contributed by atoms with Crippen LogP contribution in [0.4, 0.5) is 5.82 Å². The molecule has 0 bridgehead atoms. The Morgan fingerprint density at radius 2 is 2.04 bits per heavy atom. The molecule has 3 heterocycles. The largest absolute Gasteiger partial charge is 0.378 e. The van der Waals surface area contributed by atoms with Gasteiger partial charge < -0.3 is 19.5 Å². The van der Waals surface area contributed by atoms with Crippen molar-refractivity contribution >= 4 is 11.7 Å². The summed E-state index contributed by atoms with van der Waals surface area (Å²) in [7, 11) is 0. The fourth-order valence-corrected chi connectivity index (χ4v) is 3.18. The van der Waals surface area contributed by atoms with Gasteiger partial charge in [-0.15, -0.1) is 0 Å². The summed E-state index contributed by atoms with van der Waals surface area (Å²) < 4.78 is 10.2. The number of carbonyl (C=O) groups is 1. The predicted molar refractivity (Wildman–Crippen MR) is 87.6 cm³/mol. The lowest BCUT2D eigenvalue weighted by Crippen LogP contribution is -2.43. The van der Waals surface area contributed by atoms with E-state index in [-0.39, 0.29) is 17.7 Å². The lowest BCUT2D eigenvalue weighted by molar-refractivity contribution is 0.0870. The third kappa shape index (κ3) is 3.41. The normalized spacial score (nSPS) is 23.1. The molecule has 132 valence electrons. The van der Waals surface area contributed by atoms with E-state index in [1.165, 1.54) is 0 Å². The topological polar surface area (TPSA) is 113 Å². The lowest BCUT2D eigenvalue weighted by atomic mass is 9.78. The molecule has 0 unspecified atom stereocenters. The maximum absolute atomic E-state index is 12.0. The molecule has 2 aromatic rings. The number of H-pyrrole nitrogens is 1. The first kappa shape index (κ1) is 15.8. The number of morpholine rings is 1. The molecule has 0 atom stereocenters. The standard InChI is InChI=1S/C16H19N5O4/c22-15-8-13(25-20-15)16(23)19-11-5-10(6-11)12-7-14(18-9-17-12)21-1-3-24-4-2-21/h7-11H,1-6H2,(H,19,23)(H,20,22). The van der Waals surface area contributed by atoms with Gasteiger partial charge in [-0.25, -0.2) is 9.97 Å². The number of nitrogens with one attached hydrogen (secondary N) is 2. The third-order valence-corrected chi connectivity index (χ3v) is 4.65. The zero-order valence-electron chi connectivity index (χ0n) is 13.6. The van der Waals surface area contributed by atoms with Crippen LogP contribution in [0.15, 0.2) is 27.8 Å². The highest BCUT2D eigenvalue weighted by Crippen LogP contribution is 2.36. The van der Waals surface area contributed by atoms with Gasteiger partial charge in [-0.1, -0.05) is 0 Å². The van der Waals surface area contributed by atoms with Gasteiger partial charge in [0.1, 0.15) is 12.1 Å². The molecule has 9 heteroatoms. The van der Waals surface area contributed by atoms with Gasteiger partial charge in [0.25, 0.3) is 11.5 Å². The molecule has 0 spiro atoms. The summed E-state index contributed by atoms with van der Waals surface area (Å²) in [5, 5.41) is 4.97. The van der Waals surface area contributed by atoms with Crippen molar-refractivity contribution in [2.75, 3.05) is 31.2 Å². The molecule has 2 N–H and O–H groups in total. The molecule has 1 saturated carbocycles. The molecule has 0 radical (unpaired) electrons. The number of nitrogens with zero attached hydrogens (tertiary/aromatic N) is 3. The number of rotatable bonds is 4. The highest BCUT2D eigenvalue weighted by Gasteiger charge is 2.33. The number of amides is 1. The molecule has 1 aliphatic carbocycles.